The molecule has 0 heterocycles. The number of amides is 1. The smallest absolute Gasteiger partial charge is 0.254 e. The molecule has 0 N–H and O–H groups in total. The van der Waals surface area contributed by atoms with E-state index in [4.69, 9.17) is 0 Å². The number of fused-ring (bicyclic) bond motifs is 1. The van der Waals surface area contributed by atoms with Crippen LogP contribution in [0.2, 0.25) is 0 Å². The van der Waals surface area contributed by atoms with Crippen molar-refractivity contribution in [2.45, 2.75) is 6.54 Å². The van der Waals surface area contributed by atoms with Crippen molar-refractivity contribution in [2.24, 2.45) is 0 Å². The topological polar surface area (TPSA) is 23.6 Å². The molecule has 0 saturated carbocycles. The van der Waals surface area contributed by atoms with E-state index < -0.39 is 0 Å². The van der Waals surface area contributed by atoms with Gasteiger partial charge in [-0.1, -0.05) is 48.5 Å². The number of hydrogen-bond donors (Lipinski definition) is 0. The molecule has 0 aliphatic heterocycles. The Labute approximate surface area is 153 Å². The normalized spacial score (nSPS) is 11.1. The van der Waals surface area contributed by atoms with E-state index in [1.165, 1.54) is 12.1 Å². The minimum absolute atomic E-state index is 0.0343. The van der Waals surface area contributed by atoms with Gasteiger partial charge >= 0.3 is 0 Å². The van der Waals surface area contributed by atoms with Crippen LogP contribution in [-0.2, 0) is 6.54 Å². The molecule has 0 bridgehead atoms. The van der Waals surface area contributed by atoms with Crippen LogP contribution in [0.25, 0.3) is 10.8 Å². The van der Waals surface area contributed by atoms with Crippen molar-refractivity contribution in [2.75, 3.05) is 27.2 Å². The first-order chi connectivity index (χ1) is 12.5. The Balaban J connectivity index is 1.93. The zero-order chi connectivity index (χ0) is 18.5. The first-order valence-electron chi connectivity index (χ1n) is 8.71. The molecule has 0 aliphatic rings. The summed E-state index contributed by atoms with van der Waals surface area (Å²) in [5.41, 5.74) is 1.47. The summed E-state index contributed by atoms with van der Waals surface area (Å²) in [6.45, 7) is 1.70. The molecule has 0 fully saturated rings. The fraction of sp³-hybridized carbons (Fsp3) is 0.227. The van der Waals surface area contributed by atoms with E-state index in [2.05, 4.69) is 0 Å². The largest absolute Gasteiger partial charge is 0.333 e. The number of hydrogen-bond acceptors (Lipinski definition) is 2. The minimum Gasteiger partial charge on any atom is -0.333 e. The maximum atomic E-state index is 13.6. The summed E-state index contributed by atoms with van der Waals surface area (Å²) in [6.07, 6.45) is 0. The summed E-state index contributed by atoms with van der Waals surface area (Å²) in [5.74, 6) is -0.319. The number of nitrogens with zero attached hydrogens (tertiary/aromatic N) is 2. The van der Waals surface area contributed by atoms with Crippen LogP contribution in [0.5, 0.6) is 0 Å². The van der Waals surface area contributed by atoms with E-state index in [-0.39, 0.29) is 11.7 Å². The quantitative estimate of drug-likeness (QED) is 0.666. The van der Waals surface area contributed by atoms with E-state index in [1.807, 2.05) is 67.5 Å². The Morgan fingerprint density at radius 1 is 0.923 bits per heavy atom. The summed E-state index contributed by atoms with van der Waals surface area (Å²) in [6, 6.07) is 20.1. The average Bonchev–Trinajstić information content (AvgIpc) is 2.64. The molecule has 0 unspecified atom stereocenters. The fourth-order valence-corrected chi connectivity index (χ4v) is 3.01. The van der Waals surface area contributed by atoms with Crippen LogP contribution in [0.1, 0.15) is 15.9 Å². The van der Waals surface area contributed by atoms with Crippen LogP contribution in [0.3, 0.4) is 0 Å². The second-order valence-electron chi connectivity index (χ2n) is 6.69. The summed E-state index contributed by atoms with van der Waals surface area (Å²) >= 11 is 0. The van der Waals surface area contributed by atoms with Gasteiger partial charge in [0, 0.05) is 25.2 Å². The highest BCUT2D eigenvalue weighted by molar-refractivity contribution is 6.07. The number of rotatable bonds is 6. The lowest BCUT2D eigenvalue weighted by Crippen LogP contribution is -2.36. The van der Waals surface area contributed by atoms with Crippen molar-refractivity contribution in [3.63, 3.8) is 0 Å². The second-order valence-corrected chi connectivity index (χ2v) is 6.69. The van der Waals surface area contributed by atoms with Crippen LogP contribution in [0.4, 0.5) is 4.39 Å². The predicted octanol–water partition coefficient (Wildman–Crippen LogP) is 4.18. The van der Waals surface area contributed by atoms with E-state index in [9.17, 15) is 9.18 Å². The highest BCUT2D eigenvalue weighted by Gasteiger charge is 2.18. The molecule has 4 heteroatoms. The third-order valence-electron chi connectivity index (χ3n) is 4.39. The summed E-state index contributed by atoms with van der Waals surface area (Å²) in [4.78, 5) is 17.1. The standard InChI is InChI=1S/C22H23FN2O/c1-24(2)13-14-25(16-17-7-5-10-19(23)15-17)22(26)21-12-6-9-18-8-3-4-11-20(18)21/h3-12,15H,13-14,16H2,1-2H3. The van der Waals surface area contributed by atoms with Gasteiger partial charge in [0.1, 0.15) is 5.82 Å². The Kier molecular flexibility index (Phi) is 5.64. The molecule has 134 valence electrons. The zero-order valence-corrected chi connectivity index (χ0v) is 15.2. The van der Waals surface area contributed by atoms with Gasteiger partial charge < -0.3 is 9.80 Å². The molecule has 3 aromatic rings. The van der Waals surface area contributed by atoms with Crippen molar-refractivity contribution >= 4 is 16.7 Å². The maximum Gasteiger partial charge on any atom is 0.254 e. The first-order valence-corrected chi connectivity index (χ1v) is 8.71. The van der Waals surface area contributed by atoms with Gasteiger partial charge in [0.15, 0.2) is 0 Å². The molecule has 0 spiro atoms. The molecule has 0 saturated heterocycles. The van der Waals surface area contributed by atoms with Gasteiger partial charge in [-0.3, -0.25) is 4.79 Å². The minimum atomic E-state index is -0.285. The molecule has 26 heavy (non-hydrogen) atoms. The number of carbonyl (C=O) groups is 1. The Bertz CT molecular complexity index is 902. The van der Waals surface area contributed by atoms with Crippen LogP contribution >= 0.6 is 0 Å². The van der Waals surface area contributed by atoms with Gasteiger partial charge in [0.25, 0.3) is 5.91 Å². The molecule has 0 atom stereocenters. The van der Waals surface area contributed by atoms with Gasteiger partial charge in [-0.15, -0.1) is 0 Å². The van der Waals surface area contributed by atoms with Crippen molar-refractivity contribution in [1.82, 2.24) is 9.80 Å². The van der Waals surface area contributed by atoms with E-state index in [1.54, 1.807) is 11.0 Å². The van der Waals surface area contributed by atoms with Crippen LogP contribution in [0, 0.1) is 5.82 Å². The second kappa shape index (κ2) is 8.11. The molecule has 3 nitrogen and oxygen atoms in total. The average molecular weight is 350 g/mol. The maximum absolute atomic E-state index is 13.6. The van der Waals surface area contributed by atoms with Crippen molar-refractivity contribution in [3.8, 4) is 0 Å². The monoisotopic (exact) mass is 350 g/mol. The zero-order valence-electron chi connectivity index (χ0n) is 15.2. The SMILES string of the molecule is CN(C)CCN(Cc1cccc(F)c1)C(=O)c1cccc2ccccc12. The Morgan fingerprint density at radius 3 is 2.42 bits per heavy atom. The number of benzene rings is 3. The molecular weight excluding hydrogens is 327 g/mol. The first kappa shape index (κ1) is 18.1. The predicted molar refractivity (Wildman–Crippen MR) is 104 cm³/mol. The van der Waals surface area contributed by atoms with Gasteiger partial charge in [0.2, 0.25) is 0 Å². The number of likely N-dealkylation sites (N-methyl/N-ethyl adjacent to an activating group) is 1. The molecule has 1 amide bonds. The summed E-state index contributed by atoms with van der Waals surface area (Å²) in [7, 11) is 3.95. The third kappa shape index (κ3) is 4.27. The summed E-state index contributed by atoms with van der Waals surface area (Å²) in [5, 5.41) is 1.98. The molecule has 3 aromatic carbocycles. The van der Waals surface area contributed by atoms with Crippen LogP contribution in [-0.4, -0.2) is 42.9 Å². The van der Waals surface area contributed by atoms with E-state index >= 15 is 0 Å². The lowest BCUT2D eigenvalue weighted by atomic mass is 10.0. The highest BCUT2D eigenvalue weighted by Crippen LogP contribution is 2.21. The fourth-order valence-electron chi connectivity index (χ4n) is 3.01. The molecule has 0 aromatic heterocycles. The lowest BCUT2D eigenvalue weighted by Gasteiger charge is -2.25. The summed E-state index contributed by atoms with van der Waals surface area (Å²) < 4.78 is 13.6. The molecule has 3 rings (SSSR count). The van der Waals surface area contributed by atoms with Gasteiger partial charge in [-0.25, -0.2) is 4.39 Å². The van der Waals surface area contributed by atoms with Crippen molar-refractivity contribution in [3.05, 3.63) is 83.7 Å². The highest BCUT2D eigenvalue weighted by atomic mass is 19.1. The van der Waals surface area contributed by atoms with Gasteiger partial charge in [0.05, 0.1) is 0 Å². The van der Waals surface area contributed by atoms with Crippen molar-refractivity contribution in [1.29, 1.82) is 0 Å². The third-order valence-corrected chi connectivity index (χ3v) is 4.39. The molecular formula is C22H23FN2O. The lowest BCUT2D eigenvalue weighted by molar-refractivity contribution is 0.0734. The number of carbonyl (C=O) groups excluding carboxylic acids is 1. The number of halogens is 1. The van der Waals surface area contributed by atoms with Crippen molar-refractivity contribution < 1.29 is 9.18 Å². The molecule has 0 aliphatic carbocycles. The van der Waals surface area contributed by atoms with Gasteiger partial charge in [-0.2, -0.15) is 0 Å². The van der Waals surface area contributed by atoms with E-state index in [0.717, 1.165) is 22.9 Å². The van der Waals surface area contributed by atoms with Crippen LogP contribution < -0.4 is 0 Å². The Hall–Kier alpha value is -2.72. The molecule has 0 radical (unpaired) electrons. The Morgan fingerprint density at radius 2 is 1.65 bits per heavy atom. The van der Waals surface area contributed by atoms with Crippen LogP contribution in [0.15, 0.2) is 66.7 Å². The van der Waals surface area contributed by atoms with Gasteiger partial charge in [-0.05, 0) is 48.6 Å². The van der Waals surface area contributed by atoms with E-state index in [0.29, 0.717) is 18.7 Å².